The number of pyridine rings is 1. The molecule has 28 heavy (non-hydrogen) atoms. The van der Waals surface area contributed by atoms with Crippen molar-refractivity contribution in [3.63, 3.8) is 0 Å². The molecule has 0 unspecified atom stereocenters. The van der Waals surface area contributed by atoms with E-state index in [9.17, 15) is 15.0 Å². The molecule has 0 spiro atoms. The average Bonchev–Trinajstić information content (AvgIpc) is 3.39. The van der Waals surface area contributed by atoms with Crippen LogP contribution in [0.1, 0.15) is 33.0 Å². The fraction of sp³-hybridized carbons (Fsp3) is 0.150. The number of hydrogen-bond acceptors (Lipinski definition) is 7. The predicted molar refractivity (Wildman–Crippen MR) is 101 cm³/mol. The third-order valence-electron chi connectivity index (χ3n) is 4.93. The van der Waals surface area contributed by atoms with Crippen LogP contribution in [0.4, 0.5) is 11.7 Å². The van der Waals surface area contributed by atoms with Crippen molar-refractivity contribution in [1.82, 2.24) is 4.98 Å². The topological polar surface area (TPSA) is 112 Å². The van der Waals surface area contributed by atoms with E-state index >= 15 is 0 Å². The van der Waals surface area contributed by atoms with Crippen LogP contribution in [0.5, 0.6) is 5.75 Å². The maximum absolute atomic E-state index is 11.8. The molecule has 8 nitrogen and oxygen atoms in total. The van der Waals surface area contributed by atoms with Crippen LogP contribution in [0.3, 0.4) is 0 Å². The SMILES string of the molecule is O=C(O)c1c(N2CCc3ccoc3C2)oc(C=C2C=Nc3ncccc32)c1O. The summed E-state index contributed by atoms with van der Waals surface area (Å²) in [4.78, 5) is 21.9. The Morgan fingerprint density at radius 2 is 2.21 bits per heavy atom. The van der Waals surface area contributed by atoms with E-state index < -0.39 is 11.7 Å². The lowest BCUT2D eigenvalue weighted by atomic mass is 10.1. The first-order valence-electron chi connectivity index (χ1n) is 8.72. The smallest absolute Gasteiger partial charge is 0.345 e. The van der Waals surface area contributed by atoms with Crippen LogP contribution in [-0.4, -0.2) is 33.9 Å². The highest BCUT2D eigenvalue weighted by Gasteiger charge is 2.31. The summed E-state index contributed by atoms with van der Waals surface area (Å²) >= 11 is 0. The van der Waals surface area contributed by atoms with Gasteiger partial charge in [-0.2, -0.15) is 0 Å². The van der Waals surface area contributed by atoms with E-state index in [-0.39, 0.29) is 17.2 Å². The van der Waals surface area contributed by atoms with Gasteiger partial charge < -0.3 is 23.9 Å². The molecule has 8 heteroatoms. The normalized spacial score (nSPS) is 16.4. The summed E-state index contributed by atoms with van der Waals surface area (Å²) in [5.41, 5.74) is 2.30. The minimum absolute atomic E-state index is 0.0656. The van der Waals surface area contributed by atoms with Crippen LogP contribution in [-0.2, 0) is 13.0 Å². The standard InChI is InChI=1S/C20H15N3O5/c24-17-14(8-12-9-22-18-13(12)2-1-5-21-18)28-19(16(17)20(25)26)23-6-3-11-4-7-27-15(11)10-23/h1-2,4-5,7-9,24H,3,6,10H2,(H,25,26). The summed E-state index contributed by atoms with van der Waals surface area (Å²) in [6.07, 6.45) is 7.14. The Balaban J connectivity index is 1.57. The Hall–Kier alpha value is -3.81. The van der Waals surface area contributed by atoms with Crippen LogP contribution in [0.25, 0.3) is 11.6 Å². The Kier molecular flexibility index (Phi) is 3.58. The second kappa shape index (κ2) is 6.12. The number of anilines is 1. The molecule has 2 N–H and O–H groups in total. The zero-order chi connectivity index (χ0) is 19.3. The number of aromatic nitrogens is 1. The molecule has 0 saturated heterocycles. The maximum Gasteiger partial charge on any atom is 0.345 e. The number of hydrogen-bond donors (Lipinski definition) is 2. The first-order valence-corrected chi connectivity index (χ1v) is 8.72. The van der Waals surface area contributed by atoms with Gasteiger partial charge in [0, 0.05) is 30.1 Å². The van der Waals surface area contributed by atoms with Gasteiger partial charge in [-0.3, -0.25) is 0 Å². The second-order valence-corrected chi connectivity index (χ2v) is 6.57. The van der Waals surface area contributed by atoms with Crippen molar-refractivity contribution in [2.24, 2.45) is 4.99 Å². The lowest BCUT2D eigenvalue weighted by Crippen LogP contribution is -2.30. The first-order chi connectivity index (χ1) is 13.6. The summed E-state index contributed by atoms with van der Waals surface area (Å²) in [5.74, 6) is -0.156. The number of rotatable bonds is 3. The molecular formula is C20H15N3O5. The van der Waals surface area contributed by atoms with E-state index in [0.717, 1.165) is 16.9 Å². The van der Waals surface area contributed by atoms with Crippen LogP contribution in [0, 0.1) is 0 Å². The zero-order valence-electron chi connectivity index (χ0n) is 14.6. The predicted octanol–water partition coefficient (Wildman–Crippen LogP) is 3.49. The number of furan rings is 2. The van der Waals surface area contributed by atoms with Crippen molar-refractivity contribution in [2.45, 2.75) is 13.0 Å². The molecule has 3 aromatic rings. The van der Waals surface area contributed by atoms with Gasteiger partial charge >= 0.3 is 5.97 Å². The Morgan fingerprint density at radius 3 is 3.07 bits per heavy atom. The van der Waals surface area contributed by atoms with E-state index in [2.05, 4.69) is 9.98 Å². The number of carboxylic acids is 1. The van der Waals surface area contributed by atoms with E-state index in [1.54, 1.807) is 35.7 Å². The monoisotopic (exact) mass is 377 g/mol. The van der Waals surface area contributed by atoms with Crippen LogP contribution in [0.2, 0.25) is 0 Å². The molecule has 3 aromatic heterocycles. The molecule has 0 saturated carbocycles. The Labute approximate surface area is 159 Å². The second-order valence-electron chi connectivity index (χ2n) is 6.57. The summed E-state index contributed by atoms with van der Waals surface area (Å²) in [6.45, 7) is 0.934. The molecule has 0 radical (unpaired) electrons. The fourth-order valence-corrected chi connectivity index (χ4v) is 3.53. The fourth-order valence-electron chi connectivity index (χ4n) is 3.53. The van der Waals surface area contributed by atoms with Gasteiger partial charge in [-0.25, -0.2) is 14.8 Å². The van der Waals surface area contributed by atoms with Crippen LogP contribution >= 0.6 is 0 Å². The number of aromatic hydroxyl groups is 1. The minimum Gasteiger partial charge on any atom is -0.504 e. The van der Waals surface area contributed by atoms with Crippen molar-refractivity contribution in [2.75, 3.05) is 11.4 Å². The van der Waals surface area contributed by atoms with Gasteiger partial charge in [0.1, 0.15) is 5.76 Å². The van der Waals surface area contributed by atoms with Crippen LogP contribution in [0.15, 0.2) is 44.5 Å². The van der Waals surface area contributed by atoms with E-state index in [1.165, 1.54) is 0 Å². The average molecular weight is 377 g/mol. The van der Waals surface area contributed by atoms with Gasteiger partial charge in [-0.05, 0) is 36.3 Å². The molecule has 140 valence electrons. The number of carbonyl (C=O) groups is 1. The Morgan fingerprint density at radius 1 is 1.32 bits per heavy atom. The Bertz CT molecular complexity index is 1150. The highest BCUT2D eigenvalue weighted by atomic mass is 16.4. The van der Waals surface area contributed by atoms with Gasteiger partial charge in [0.2, 0.25) is 5.88 Å². The molecule has 2 aliphatic heterocycles. The first kappa shape index (κ1) is 16.4. The number of aliphatic imine (C=N–C) groups is 1. The molecule has 0 bridgehead atoms. The van der Waals surface area contributed by atoms with Crippen molar-refractivity contribution in [3.05, 3.63) is 58.9 Å². The van der Waals surface area contributed by atoms with Gasteiger partial charge in [0.05, 0.1) is 12.8 Å². The van der Waals surface area contributed by atoms with Crippen molar-refractivity contribution < 1.29 is 23.8 Å². The van der Waals surface area contributed by atoms with E-state index in [0.29, 0.717) is 30.9 Å². The number of allylic oxidation sites excluding steroid dienone is 1. The van der Waals surface area contributed by atoms with Crippen molar-refractivity contribution in [3.8, 4) is 5.75 Å². The molecule has 0 aromatic carbocycles. The third-order valence-corrected chi connectivity index (χ3v) is 4.93. The quantitative estimate of drug-likeness (QED) is 0.718. The summed E-state index contributed by atoms with van der Waals surface area (Å²) < 4.78 is 11.3. The zero-order valence-corrected chi connectivity index (χ0v) is 14.6. The van der Waals surface area contributed by atoms with Crippen molar-refractivity contribution in [1.29, 1.82) is 0 Å². The summed E-state index contributed by atoms with van der Waals surface area (Å²) in [5, 5.41) is 20.2. The summed E-state index contributed by atoms with van der Waals surface area (Å²) in [7, 11) is 0. The molecule has 5 rings (SSSR count). The lowest BCUT2D eigenvalue weighted by Gasteiger charge is -2.25. The van der Waals surface area contributed by atoms with E-state index in [4.69, 9.17) is 8.83 Å². The van der Waals surface area contributed by atoms with Crippen molar-refractivity contribution >= 4 is 35.5 Å². The largest absolute Gasteiger partial charge is 0.504 e. The number of nitrogens with zero attached hydrogens (tertiary/aromatic N) is 3. The number of aromatic carboxylic acids is 1. The molecule has 0 fully saturated rings. The highest BCUT2D eigenvalue weighted by molar-refractivity contribution is 6.21. The lowest BCUT2D eigenvalue weighted by molar-refractivity contribution is 0.0694. The summed E-state index contributed by atoms with van der Waals surface area (Å²) in [6, 6.07) is 5.54. The maximum atomic E-state index is 11.8. The van der Waals surface area contributed by atoms with Gasteiger partial charge in [0.15, 0.2) is 22.9 Å². The third kappa shape index (κ3) is 2.50. The number of carboxylic acid groups (broad SMARTS) is 1. The molecule has 0 aliphatic carbocycles. The highest BCUT2D eigenvalue weighted by Crippen LogP contribution is 2.40. The van der Waals surface area contributed by atoms with E-state index in [1.807, 2.05) is 12.1 Å². The van der Waals surface area contributed by atoms with Gasteiger partial charge in [-0.1, -0.05) is 0 Å². The van der Waals surface area contributed by atoms with Gasteiger partial charge in [0.25, 0.3) is 0 Å². The number of fused-ring (bicyclic) bond motifs is 2. The minimum atomic E-state index is -1.26. The van der Waals surface area contributed by atoms with Crippen LogP contribution < -0.4 is 4.90 Å². The molecule has 0 atom stereocenters. The molecule has 0 amide bonds. The molecule has 2 aliphatic rings. The van der Waals surface area contributed by atoms with Gasteiger partial charge in [-0.15, -0.1) is 0 Å². The molecular weight excluding hydrogens is 362 g/mol. The molecule has 5 heterocycles.